The van der Waals surface area contributed by atoms with E-state index in [0.29, 0.717) is 0 Å². The molecule has 0 fully saturated rings. The first-order valence-corrected chi connectivity index (χ1v) is 4.24. The zero-order valence-corrected chi connectivity index (χ0v) is 10.2. The Balaban J connectivity index is -0.000000405. The second-order valence-electron chi connectivity index (χ2n) is 1.84. The van der Waals surface area contributed by atoms with Crippen molar-refractivity contribution in [3.8, 4) is 0 Å². The van der Waals surface area contributed by atoms with Crippen LogP contribution < -0.4 is 51.4 Å². The van der Waals surface area contributed by atoms with Crippen LogP contribution in [-0.2, 0) is 10.1 Å². The van der Waals surface area contributed by atoms with Crippen molar-refractivity contribution < 1.29 is 76.0 Å². The van der Waals surface area contributed by atoms with Gasteiger partial charge in [-0.3, -0.25) is 4.55 Å². The summed E-state index contributed by atoms with van der Waals surface area (Å²) in [6, 6.07) is 0. The molecule has 3 N–H and O–H groups in total. The van der Waals surface area contributed by atoms with Crippen LogP contribution in [0.5, 0.6) is 0 Å². The zero-order valence-electron chi connectivity index (χ0n) is 7.27. The predicted molar refractivity (Wildman–Crippen MR) is 35.0 cm³/mol. The number of rotatable bonds is 4. The van der Waals surface area contributed by atoms with Gasteiger partial charge in [0, 0.05) is 6.61 Å². The van der Waals surface area contributed by atoms with Crippen LogP contribution in [0.4, 0.5) is 0 Å². The van der Waals surface area contributed by atoms with E-state index in [1.54, 1.807) is 0 Å². The number of aliphatic hydroxyl groups excluding tert-OH is 2. The van der Waals surface area contributed by atoms with Crippen molar-refractivity contribution in [1.29, 1.82) is 0 Å². The van der Waals surface area contributed by atoms with Gasteiger partial charge in [0.05, 0.1) is 0 Å². The van der Waals surface area contributed by atoms with Crippen LogP contribution in [-0.4, -0.2) is 35.2 Å². The molecule has 0 aromatic heterocycles. The standard InChI is InChI=1S/C4H10O5S.K.H/c5-3-1-2-4(6)10(7,8)9;;/h4-6H,1-3H2,(H,7,8,9);;/q;+1;-1. The van der Waals surface area contributed by atoms with Crippen molar-refractivity contribution in [2.75, 3.05) is 6.61 Å². The monoisotopic (exact) mass is 210 g/mol. The van der Waals surface area contributed by atoms with E-state index in [9.17, 15) is 8.42 Å². The molecular formula is C4H11KO5S. The van der Waals surface area contributed by atoms with E-state index in [1.807, 2.05) is 0 Å². The molecule has 0 bridgehead atoms. The Morgan fingerprint density at radius 2 is 1.91 bits per heavy atom. The number of hydrogen-bond donors (Lipinski definition) is 3. The van der Waals surface area contributed by atoms with Crippen LogP contribution >= 0.6 is 0 Å². The zero-order chi connectivity index (χ0) is 8.20. The molecule has 0 aliphatic heterocycles. The summed E-state index contributed by atoms with van der Waals surface area (Å²) in [6.07, 6.45) is 0.0102. The van der Waals surface area contributed by atoms with E-state index in [1.165, 1.54) is 0 Å². The van der Waals surface area contributed by atoms with E-state index in [4.69, 9.17) is 14.8 Å². The van der Waals surface area contributed by atoms with Crippen molar-refractivity contribution in [3.05, 3.63) is 0 Å². The fourth-order valence-corrected chi connectivity index (χ4v) is 0.879. The van der Waals surface area contributed by atoms with E-state index >= 15 is 0 Å². The topological polar surface area (TPSA) is 94.8 Å². The molecule has 0 rings (SSSR count). The van der Waals surface area contributed by atoms with Gasteiger partial charge in [0.1, 0.15) is 0 Å². The van der Waals surface area contributed by atoms with Crippen molar-refractivity contribution in [1.82, 2.24) is 0 Å². The second-order valence-corrected chi connectivity index (χ2v) is 3.41. The number of hydrogen-bond acceptors (Lipinski definition) is 4. The van der Waals surface area contributed by atoms with Gasteiger partial charge in [0.15, 0.2) is 5.44 Å². The molecule has 11 heavy (non-hydrogen) atoms. The summed E-state index contributed by atoms with van der Waals surface area (Å²) < 4.78 is 28.3. The average Bonchev–Trinajstić information content (AvgIpc) is 1.80. The third kappa shape index (κ3) is 7.82. The first-order chi connectivity index (χ1) is 4.48. The molecule has 0 heterocycles. The minimum Gasteiger partial charge on any atom is -1.00 e. The maximum absolute atomic E-state index is 10.1. The van der Waals surface area contributed by atoms with Gasteiger partial charge in [-0.2, -0.15) is 8.42 Å². The molecule has 0 aliphatic carbocycles. The van der Waals surface area contributed by atoms with Gasteiger partial charge in [-0.15, -0.1) is 0 Å². The van der Waals surface area contributed by atoms with E-state index < -0.39 is 15.6 Å². The SMILES string of the molecule is O=S(=O)(O)C(O)CCCO.[H-].[K+]. The van der Waals surface area contributed by atoms with Crippen molar-refractivity contribution in [2.45, 2.75) is 18.3 Å². The minimum absolute atomic E-state index is 0. The van der Waals surface area contributed by atoms with E-state index in [0.717, 1.165) is 0 Å². The van der Waals surface area contributed by atoms with Gasteiger partial charge in [0.25, 0.3) is 10.1 Å². The molecule has 0 radical (unpaired) electrons. The minimum atomic E-state index is -4.33. The summed E-state index contributed by atoms with van der Waals surface area (Å²) in [7, 11) is -4.33. The van der Waals surface area contributed by atoms with Crippen molar-refractivity contribution >= 4 is 10.1 Å². The molecule has 5 nitrogen and oxygen atoms in total. The summed E-state index contributed by atoms with van der Waals surface area (Å²) in [4.78, 5) is 0. The fourth-order valence-electron chi connectivity index (χ4n) is 0.415. The molecule has 0 saturated heterocycles. The van der Waals surface area contributed by atoms with Crippen LogP contribution in [0.1, 0.15) is 14.3 Å². The van der Waals surface area contributed by atoms with Crippen LogP contribution in [0.2, 0.25) is 0 Å². The third-order valence-electron chi connectivity index (χ3n) is 0.953. The normalized spacial score (nSPS) is 13.7. The molecule has 0 aliphatic rings. The Bertz CT molecular complexity index is 182. The van der Waals surface area contributed by atoms with Crippen molar-refractivity contribution in [3.63, 3.8) is 0 Å². The quantitative estimate of drug-likeness (QED) is 0.325. The Morgan fingerprint density at radius 3 is 2.18 bits per heavy atom. The van der Waals surface area contributed by atoms with Crippen LogP contribution in [0.15, 0.2) is 0 Å². The third-order valence-corrected chi connectivity index (χ3v) is 1.88. The fraction of sp³-hybridized carbons (Fsp3) is 1.00. The summed E-state index contributed by atoms with van der Waals surface area (Å²) in [5, 5.41) is 16.8. The van der Waals surface area contributed by atoms with E-state index in [2.05, 4.69) is 0 Å². The first-order valence-electron chi connectivity index (χ1n) is 2.73. The van der Waals surface area contributed by atoms with Gasteiger partial charge in [-0.1, -0.05) is 0 Å². The summed E-state index contributed by atoms with van der Waals surface area (Å²) in [6.45, 7) is -0.202. The molecule has 0 amide bonds. The Morgan fingerprint density at radius 1 is 1.45 bits per heavy atom. The molecule has 1 unspecified atom stereocenters. The van der Waals surface area contributed by atoms with Crippen LogP contribution in [0, 0.1) is 0 Å². The molecule has 7 heteroatoms. The molecule has 0 aromatic carbocycles. The second kappa shape index (κ2) is 6.93. The van der Waals surface area contributed by atoms with E-state index in [-0.39, 0.29) is 72.3 Å². The summed E-state index contributed by atoms with van der Waals surface area (Å²) in [5.41, 5.74) is -1.76. The molecule has 0 saturated carbocycles. The maximum Gasteiger partial charge on any atom is 1.00 e. The molecule has 0 aromatic rings. The van der Waals surface area contributed by atoms with Gasteiger partial charge < -0.3 is 11.6 Å². The molecular weight excluding hydrogens is 199 g/mol. The average molecular weight is 210 g/mol. The first kappa shape index (κ1) is 15.0. The summed E-state index contributed by atoms with van der Waals surface area (Å²) >= 11 is 0. The van der Waals surface area contributed by atoms with Gasteiger partial charge in [-0.05, 0) is 12.8 Å². The Kier molecular flexibility index (Phi) is 9.42. The number of aliphatic hydroxyl groups is 2. The molecule has 1 atom stereocenters. The smallest absolute Gasteiger partial charge is 1.00 e. The molecule has 64 valence electrons. The molecule has 0 spiro atoms. The van der Waals surface area contributed by atoms with Crippen molar-refractivity contribution in [2.24, 2.45) is 0 Å². The Labute approximate surface area is 109 Å². The van der Waals surface area contributed by atoms with Gasteiger partial charge in [0.2, 0.25) is 0 Å². The predicted octanol–water partition coefficient (Wildman–Crippen LogP) is -3.92. The maximum atomic E-state index is 10.1. The largest absolute Gasteiger partial charge is 1.00 e. The van der Waals surface area contributed by atoms with Gasteiger partial charge in [-0.25, -0.2) is 0 Å². The Hall–Kier alpha value is 1.47. The van der Waals surface area contributed by atoms with Crippen LogP contribution in [0.25, 0.3) is 0 Å². The van der Waals surface area contributed by atoms with Gasteiger partial charge >= 0.3 is 51.4 Å². The van der Waals surface area contributed by atoms with Crippen LogP contribution in [0.3, 0.4) is 0 Å². The summed E-state index contributed by atoms with van der Waals surface area (Å²) in [5.74, 6) is 0.